The maximum Gasteiger partial charge on any atom is 0.243 e. The van der Waals surface area contributed by atoms with Crippen molar-refractivity contribution in [2.24, 2.45) is 0 Å². The summed E-state index contributed by atoms with van der Waals surface area (Å²) in [5.74, 6) is 0.608. The third kappa shape index (κ3) is 4.46. The molecular weight excluding hydrogens is 418 g/mol. The summed E-state index contributed by atoms with van der Waals surface area (Å²) in [6, 6.07) is 14.8. The number of methoxy groups -OCH3 is 1. The predicted molar refractivity (Wildman–Crippen MR) is 104 cm³/mol. The van der Waals surface area contributed by atoms with Crippen LogP contribution in [0.15, 0.2) is 57.9 Å². The van der Waals surface area contributed by atoms with E-state index in [4.69, 9.17) is 9.47 Å². The molecule has 0 aromatic heterocycles. The third-order valence-electron chi connectivity index (χ3n) is 4.49. The lowest BCUT2D eigenvalue weighted by Crippen LogP contribution is -2.40. The highest BCUT2D eigenvalue weighted by molar-refractivity contribution is 9.10. The number of benzene rings is 2. The molecule has 1 heterocycles. The summed E-state index contributed by atoms with van der Waals surface area (Å²) in [6.45, 7) is 1.49. The zero-order valence-electron chi connectivity index (χ0n) is 14.6. The van der Waals surface area contributed by atoms with Gasteiger partial charge in [0.25, 0.3) is 0 Å². The van der Waals surface area contributed by atoms with Gasteiger partial charge in [0.15, 0.2) is 0 Å². The standard InChI is InChI=1S/C19H22BrNO4S/c1-24-19-8-7-17(13-18(19)20)26(22,23)21-11-9-16(10-12-21)25-14-15-5-3-2-4-6-15/h2-8,13,16H,9-12,14H2,1H3. The van der Waals surface area contributed by atoms with E-state index in [1.165, 1.54) is 4.31 Å². The van der Waals surface area contributed by atoms with Crippen molar-refractivity contribution in [3.05, 3.63) is 58.6 Å². The highest BCUT2D eigenvalue weighted by Gasteiger charge is 2.30. The van der Waals surface area contributed by atoms with Crippen LogP contribution in [0.2, 0.25) is 0 Å². The van der Waals surface area contributed by atoms with Crippen LogP contribution in [0.3, 0.4) is 0 Å². The van der Waals surface area contributed by atoms with E-state index in [-0.39, 0.29) is 11.0 Å². The van der Waals surface area contributed by atoms with E-state index in [0.717, 1.165) is 5.56 Å². The Kier molecular flexibility index (Phi) is 6.34. The third-order valence-corrected chi connectivity index (χ3v) is 7.00. The van der Waals surface area contributed by atoms with E-state index in [0.29, 0.717) is 42.8 Å². The number of piperidine rings is 1. The second-order valence-electron chi connectivity index (χ2n) is 6.20. The Morgan fingerprint density at radius 2 is 1.81 bits per heavy atom. The first-order valence-electron chi connectivity index (χ1n) is 8.50. The minimum atomic E-state index is -3.51. The molecule has 0 aliphatic carbocycles. The van der Waals surface area contributed by atoms with E-state index in [1.807, 2.05) is 30.3 Å². The molecule has 0 radical (unpaired) electrons. The summed E-state index contributed by atoms with van der Waals surface area (Å²) >= 11 is 3.35. The Bertz CT molecular complexity index is 834. The van der Waals surface area contributed by atoms with Gasteiger partial charge >= 0.3 is 0 Å². The lowest BCUT2D eigenvalue weighted by molar-refractivity contribution is 0.0102. The zero-order valence-corrected chi connectivity index (χ0v) is 17.0. The lowest BCUT2D eigenvalue weighted by atomic mass is 10.1. The van der Waals surface area contributed by atoms with E-state index >= 15 is 0 Å². The Labute approximate surface area is 163 Å². The Morgan fingerprint density at radius 1 is 1.12 bits per heavy atom. The van der Waals surface area contributed by atoms with Gasteiger partial charge in [-0.2, -0.15) is 4.31 Å². The first-order valence-corrected chi connectivity index (χ1v) is 10.7. The molecule has 0 amide bonds. The van der Waals surface area contributed by atoms with E-state index in [2.05, 4.69) is 15.9 Å². The van der Waals surface area contributed by atoms with Gasteiger partial charge in [-0.25, -0.2) is 8.42 Å². The molecule has 1 fully saturated rings. The van der Waals surface area contributed by atoms with Crippen molar-refractivity contribution >= 4 is 26.0 Å². The molecule has 0 unspecified atom stereocenters. The molecule has 3 rings (SSSR count). The molecule has 1 aliphatic heterocycles. The summed E-state index contributed by atoms with van der Waals surface area (Å²) in [5.41, 5.74) is 1.13. The van der Waals surface area contributed by atoms with Gasteiger partial charge in [-0.05, 0) is 52.5 Å². The first-order chi connectivity index (χ1) is 12.5. The van der Waals surface area contributed by atoms with Gasteiger partial charge in [0.05, 0.1) is 29.2 Å². The van der Waals surface area contributed by atoms with Crippen molar-refractivity contribution in [3.8, 4) is 5.75 Å². The number of hydrogen-bond donors (Lipinski definition) is 0. The Hall–Kier alpha value is -1.41. The molecule has 0 spiro atoms. The number of ether oxygens (including phenoxy) is 2. The van der Waals surface area contributed by atoms with Gasteiger partial charge in [0.1, 0.15) is 5.75 Å². The van der Waals surface area contributed by atoms with Crippen LogP contribution in [-0.4, -0.2) is 39.0 Å². The van der Waals surface area contributed by atoms with Crippen molar-refractivity contribution in [2.45, 2.75) is 30.4 Å². The summed E-state index contributed by atoms with van der Waals surface area (Å²) in [7, 11) is -1.96. The molecule has 5 nitrogen and oxygen atoms in total. The maximum atomic E-state index is 12.8. The van der Waals surface area contributed by atoms with Crippen LogP contribution in [0.4, 0.5) is 0 Å². The van der Waals surface area contributed by atoms with Crippen molar-refractivity contribution in [1.29, 1.82) is 0 Å². The second-order valence-corrected chi connectivity index (χ2v) is 8.99. The number of halogens is 1. The molecule has 7 heteroatoms. The molecular formula is C19H22BrNO4S. The Morgan fingerprint density at radius 3 is 2.42 bits per heavy atom. The van der Waals surface area contributed by atoms with Crippen LogP contribution in [0.5, 0.6) is 5.75 Å². The summed E-state index contributed by atoms with van der Waals surface area (Å²) in [5, 5.41) is 0. The largest absolute Gasteiger partial charge is 0.496 e. The van der Waals surface area contributed by atoms with Gasteiger partial charge in [0, 0.05) is 13.1 Å². The summed E-state index contributed by atoms with van der Waals surface area (Å²) < 4.78 is 39.0. The summed E-state index contributed by atoms with van der Waals surface area (Å²) in [6.07, 6.45) is 1.48. The molecule has 2 aromatic carbocycles. The topological polar surface area (TPSA) is 55.8 Å². The fourth-order valence-electron chi connectivity index (χ4n) is 2.98. The van der Waals surface area contributed by atoms with E-state index < -0.39 is 10.0 Å². The molecule has 140 valence electrons. The fraction of sp³-hybridized carbons (Fsp3) is 0.368. The average molecular weight is 440 g/mol. The minimum Gasteiger partial charge on any atom is -0.496 e. The van der Waals surface area contributed by atoms with Crippen LogP contribution in [0, 0.1) is 0 Å². The fourth-order valence-corrected chi connectivity index (χ4v) is 5.17. The van der Waals surface area contributed by atoms with E-state index in [1.54, 1.807) is 25.3 Å². The molecule has 1 saturated heterocycles. The molecule has 0 bridgehead atoms. The lowest BCUT2D eigenvalue weighted by Gasteiger charge is -2.31. The van der Waals surface area contributed by atoms with Crippen molar-refractivity contribution in [1.82, 2.24) is 4.31 Å². The molecule has 26 heavy (non-hydrogen) atoms. The smallest absolute Gasteiger partial charge is 0.243 e. The number of rotatable bonds is 6. The van der Waals surface area contributed by atoms with Crippen LogP contribution in [0.25, 0.3) is 0 Å². The monoisotopic (exact) mass is 439 g/mol. The molecule has 0 atom stereocenters. The van der Waals surface area contributed by atoms with Gasteiger partial charge < -0.3 is 9.47 Å². The summed E-state index contributed by atoms with van der Waals surface area (Å²) in [4.78, 5) is 0.272. The minimum absolute atomic E-state index is 0.0873. The number of hydrogen-bond acceptors (Lipinski definition) is 4. The van der Waals surface area contributed by atoms with Crippen molar-refractivity contribution < 1.29 is 17.9 Å². The molecule has 2 aromatic rings. The number of nitrogens with zero attached hydrogens (tertiary/aromatic N) is 1. The molecule has 0 saturated carbocycles. The van der Waals surface area contributed by atoms with Gasteiger partial charge in [-0.1, -0.05) is 30.3 Å². The maximum absolute atomic E-state index is 12.8. The zero-order chi connectivity index (χ0) is 18.6. The molecule has 1 aliphatic rings. The quantitative estimate of drug-likeness (QED) is 0.685. The second kappa shape index (κ2) is 8.52. The predicted octanol–water partition coefficient (Wildman–Crippen LogP) is 3.83. The normalized spacial score (nSPS) is 16.5. The van der Waals surface area contributed by atoms with Gasteiger partial charge in [-0.3, -0.25) is 0 Å². The Balaban J connectivity index is 1.59. The van der Waals surface area contributed by atoms with E-state index in [9.17, 15) is 8.42 Å². The highest BCUT2D eigenvalue weighted by Crippen LogP contribution is 2.30. The first kappa shape index (κ1) is 19.4. The van der Waals surface area contributed by atoms with Crippen LogP contribution >= 0.6 is 15.9 Å². The van der Waals surface area contributed by atoms with Gasteiger partial charge in [-0.15, -0.1) is 0 Å². The van der Waals surface area contributed by atoms with Gasteiger partial charge in [0.2, 0.25) is 10.0 Å². The molecule has 0 N–H and O–H groups in total. The number of sulfonamides is 1. The SMILES string of the molecule is COc1ccc(S(=O)(=O)N2CCC(OCc3ccccc3)CC2)cc1Br. The van der Waals surface area contributed by atoms with Crippen LogP contribution < -0.4 is 4.74 Å². The highest BCUT2D eigenvalue weighted by atomic mass is 79.9. The van der Waals surface area contributed by atoms with Crippen LogP contribution in [0.1, 0.15) is 18.4 Å². The van der Waals surface area contributed by atoms with Crippen molar-refractivity contribution in [2.75, 3.05) is 20.2 Å². The van der Waals surface area contributed by atoms with Crippen molar-refractivity contribution in [3.63, 3.8) is 0 Å². The van der Waals surface area contributed by atoms with Crippen LogP contribution in [-0.2, 0) is 21.4 Å². The average Bonchev–Trinajstić information content (AvgIpc) is 2.67.